The number of unbranched alkanes of at least 4 members (excludes halogenated alkanes) is 7. The molecule has 81 valence electrons. The highest BCUT2D eigenvalue weighted by Crippen LogP contribution is 2.08. The van der Waals surface area contributed by atoms with Crippen LogP contribution in [0.4, 0.5) is 0 Å². The van der Waals surface area contributed by atoms with Crippen molar-refractivity contribution >= 4 is 17.6 Å². The smallest absolute Gasteiger partial charge is 0.0332 e. The van der Waals surface area contributed by atoms with Gasteiger partial charge in [-0.15, -0.1) is 0 Å². The van der Waals surface area contributed by atoms with E-state index in [-0.39, 0.29) is 0 Å². The molecule has 0 heterocycles. The Morgan fingerprint density at radius 3 is 2.21 bits per heavy atom. The lowest BCUT2D eigenvalue weighted by molar-refractivity contribution is 0.592. The Balaban J connectivity index is 2.95. The summed E-state index contributed by atoms with van der Waals surface area (Å²) in [5.41, 5.74) is 0. The molecule has 0 aliphatic heterocycles. The van der Waals surface area contributed by atoms with Crippen LogP contribution in [-0.4, -0.2) is 5.37 Å². The predicted molar refractivity (Wildman–Crippen MR) is 69.0 cm³/mol. The first kappa shape index (κ1) is 13.8. The molecule has 0 bridgehead atoms. The lowest BCUT2D eigenvalue weighted by Gasteiger charge is -1.98. The van der Waals surface area contributed by atoms with Crippen LogP contribution in [0.5, 0.6) is 0 Å². The molecule has 0 fully saturated rings. The third kappa shape index (κ3) is 11.8. The topological polar surface area (TPSA) is 0 Å². The van der Waals surface area contributed by atoms with Crippen LogP contribution in [0.2, 0.25) is 0 Å². The van der Waals surface area contributed by atoms with Gasteiger partial charge in [-0.05, 0) is 12.8 Å². The normalized spacial score (nSPS) is 10.9. The second-order valence-electron chi connectivity index (χ2n) is 3.73. The highest BCUT2D eigenvalue weighted by Gasteiger charge is 1.88. The third-order valence-corrected chi connectivity index (χ3v) is 2.51. The summed E-state index contributed by atoms with van der Waals surface area (Å²) in [4.78, 5) is 0. The minimum atomic E-state index is 0.825. The van der Waals surface area contributed by atoms with Crippen LogP contribution in [-0.2, 0) is 0 Å². The summed E-state index contributed by atoms with van der Waals surface area (Å²) in [6, 6.07) is 0. The fraction of sp³-hybridized carbons (Fsp3) is 0.769. The molecule has 0 aliphatic rings. The van der Waals surface area contributed by atoms with Gasteiger partial charge in [0.1, 0.15) is 0 Å². The minimum absolute atomic E-state index is 0.825. The van der Waals surface area contributed by atoms with E-state index in [0.29, 0.717) is 0 Å². The monoisotopic (exact) mass is 211 g/mol. The maximum absolute atomic E-state index is 4.61. The molecule has 0 nitrogen and oxygen atoms in total. The Hall–Kier alpha value is -0.170. The molecule has 0 aromatic heterocycles. The van der Waals surface area contributed by atoms with Gasteiger partial charge in [0.15, 0.2) is 0 Å². The van der Waals surface area contributed by atoms with Gasteiger partial charge in [0.2, 0.25) is 0 Å². The number of thiocarbonyl (C=S) groups is 1. The van der Waals surface area contributed by atoms with Gasteiger partial charge in [0.25, 0.3) is 0 Å². The molecule has 0 aromatic carbocycles. The average molecular weight is 211 g/mol. The summed E-state index contributed by atoms with van der Waals surface area (Å²) >= 11 is 4.61. The molecular formula is C13H23S. The van der Waals surface area contributed by atoms with Gasteiger partial charge in [0.05, 0.1) is 0 Å². The Kier molecular flexibility index (Phi) is 12.7. The van der Waals surface area contributed by atoms with Crippen molar-refractivity contribution < 1.29 is 0 Å². The SMILES string of the molecule is CCCCCCCCC/C=C/C[C]=S. The van der Waals surface area contributed by atoms with Crippen molar-refractivity contribution in [3.8, 4) is 0 Å². The molecule has 0 spiro atoms. The van der Waals surface area contributed by atoms with Gasteiger partial charge in [-0.2, -0.15) is 0 Å². The molecule has 1 heteroatoms. The van der Waals surface area contributed by atoms with E-state index >= 15 is 0 Å². The van der Waals surface area contributed by atoms with Crippen molar-refractivity contribution in [1.82, 2.24) is 0 Å². The summed E-state index contributed by atoms with van der Waals surface area (Å²) in [6.07, 6.45) is 16.1. The van der Waals surface area contributed by atoms with E-state index in [1.807, 2.05) is 0 Å². The fourth-order valence-corrected chi connectivity index (χ4v) is 1.56. The lowest BCUT2D eigenvalue weighted by Crippen LogP contribution is -1.78. The van der Waals surface area contributed by atoms with Crippen LogP contribution in [0.15, 0.2) is 12.2 Å². The first-order valence-corrected chi connectivity index (χ1v) is 6.32. The molecule has 0 aromatic rings. The van der Waals surface area contributed by atoms with E-state index in [4.69, 9.17) is 0 Å². The second-order valence-corrected chi connectivity index (χ2v) is 4.02. The van der Waals surface area contributed by atoms with Gasteiger partial charge in [-0.3, -0.25) is 0 Å². The van der Waals surface area contributed by atoms with Gasteiger partial charge >= 0.3 is 0 Å². The van der Waals surface area contributed by atoms with Crippen LogP contribution in [0.1, 0.15) is 64.7 Å². The van der Waals surface area contributed by atoms with Crippen molar-refractivity contribution in [1.29, 1.82) is 0 Å². The standard InChI is InChI=1S/C13H23S/c1-2-3-4-5-6-7-8-9-10-11-12-13-14/h10-11H,2-9,12H2,1H3/b11-10+. The van der Waals surface area contributed by atoms with Gasteiger partial charge in [0, 0.05) is 11.8 Å². The summed E-state index contributed by atoms with van der Waals surface area (Å²) in [5.74, 6) is 0. The van der Waals surface area contributed by atoms with Crippen molar-refractivity contribution in [3.63, 3.8) is 0 Å². The molecule has 0 aliphatic carbocycles. The molecule has 14 heavy (non-hydrogen) atoms. The van der Waals surface area contributed by atoms with Crippen LogP contribution < -0.4 is 0 Å². The molecule has 0 saturated heterocycles. The predicted octanol–water partition coefficient (Wildman–Crippen LogP) is 4.95. The zero-order valence-electron chi connectivity index (χ0n) is 9.43. The van der Waals surface area contributed by atoms with Gasteiger partial charge < -0.3 is 0 Å². The van der Waals surface area contributed by atoms with Crippen molar-refractivity contribution in [2.45, 2.75) is 64.7 Å². The van der Waals surface area contributed by atoms with Crippen molar-refractivity contribution in [2.75, 3.05) is 0 Å². The summed E-state index contributed by atoms with van der Waals surface area (Å²) < 4.78 is 0. The summed E-state index contributed by atoms with van der Waals surface area (Å²) in [7, 11) is 0. The number of hydrogen-bond donors (Lipinski definition) is 0. The lowest BCUT2D eigenvalue weighted by atomic mass is 10.1. The van der Waals surface area contributed by atoms with E-state index < -0.39 is 0 Å². The Morgan fingerprint density at radius 1 is 0.929 bits per heavy atom. The summed E-state index contributed by atoms with van der Waals surface area (Å²) in [5, 5.41) is 2.69. The number of rotatable bonds is 10. The average Bonchev–Trinajstić information content (AvgIpc) is 2.21. The van der Waals surface area contributed by atoms with Crippen molar-refractivity contribution in [2.24, 2.45) is 0 Å². The van der Waals surface area contributed by atoms with Gasteiger partial charge in [-0.25, -0.2) is 0 Å². The first-order valence-electron chi connectivity index (χ1n) is 5.91. The summed E-state index contributed by atoms with van der Waals surface area (Å²) in [6.45, 7) is 2.26. The maximum Gasteiger partial charge on any atom is 0.0332 e. The molecule has 1 radical (unpaired) electrons. The number of hydrogen-bond acceptors (Lipinski definition) is 1. The molecule has 0 saturated carbocycles. The molecule has 0 atom stereocenters. The van der Waals surface area contributed by atoms with Crippen LogP contribution in [0, 0.1) is 0 Å². The van der Waals surface area contributed by atoms with E-state index in [1.165, 1.54) is 51.4 Å². The number of allylic oxidation sites excluding steroid dienone is 2. The largest absolute Gasteiger partial charge is 0.0882 e. The highest BCUT2D eigenvalue weighted by molar-refractivity contribution is 7.78. The minimum Gasteiger partial charge on any atom is -0.0882 e. The fourth-order valence-electron chi connectivity index (χ4n) is 1.47. The molecule has 0 N–H and O–H groups in total. The van der Waals surface area contributed by atoms with Crippen LogP contribution >= 0.6 is 12.2 Å². The van der Waals surface area contributed by atoms with E-state index in [0.717, 1.165) is 6.42 Å². The van der Waals surface area contributed by atoms with Crippen LogP contribution in [0.25, 0.3) is 0 Å². The maximum atomic E-state index is 4.61. The quantitative estimate of drug-likeness (QED) is 0.280. The van der Waals surface area contributed by atoms with E-state index in [1.54, 1.807) is 0 Å². The highest BCUT2D eigenvalue weighted by atomic mass is 32.1. The molecule has 0 amide bonds. The van der Waals surface area contributed by atoms with Crippen molar-refractivity contribution in [3.05, 3.63) is 12.2 Å². The van der Waals surface area contributed by atoms with Gasteiger partial charge in [-0.1, -0.05) is 69.8 Å². The zero-order valence-corrected chi connectivity index (χ0v) is 10.2. The van der Waals surface area contributed by atoms with Crippen LogP contribution in [0.3, 0.4) is 0 Å². The van der Waals surface area contributed by atoms with E-state index in [9.17, 15) is 0 Å². The van der Waals surface area contributed by atoms with E-state index in [2.05, 4.69) is 36.7 Å². The zero-order chi connectivity index (χ0) is 10.5. The Morgan fingerprint density at radius 2 is 1.57 bits per heavy atom. The Bertz CT molecular complexity index is 138. The second kappa shape index (κ2) is 12.8. The molecule has 0 rings (SSSR count). The Labute approximate surface area is 94.8 Å². The third-order valence-electron chi connectivity index (χ3n) is 2.34. The molecular weight excluding hydrogens is 188 g/mol. The molecule has 0 unspecified atom stereocenters. The first-order chi connectivity index (χ1) is 6.91.